The van der Waals surface area contributed by atoms with Gasteiger partial charge in [0.25, 0.3) is 0 Å². The number of benzene rings is 2. The number of rotatable bonds is 4. The lowest BCUT2D eigenvalue weighted by molar-refractivity contribution is 0.0601. The van der Waals surface area contributed by atoms with Crippen molar-refractivity contribution in [2.75, 3.05) is 12.4 Å². The van der Waals surface area contributed by atoms with Gasteiger partial charge in [0.15, 0.2) is 0 Å². The molecule has 0 amide bonds. The number of anilines is 1. The van der Waals surface area contributed by atoms with Gasteiger partial charge in [-0.25, -0.2) is 4.79 Å². The molecular formula is C17H18ClNO2. The first-order valence-corrected chi connectivity index (χ1v) is 7.07. The summed E-state index contributed by atoms with van der Waals surface area (Å²) in [5, 5.41) is 3.68. The Morgan fingerprint density at radius 2 is 1.90 bits per heavy atom. The first-order valence-electron chi connectivity index (χ1n) is 6.69. The van der Waals surface area contributed by atoms with Crippen molar-refractivity contribution in [1.82, 2.24) is 0 Å². The fourth-order valence-corrected chi connectivity index (χ4v) is 2.21. The van der Waals surface area contributed by atoms with Gasteiger partial charge in [0, 0.05) is 12.2 Å². The topological polar surface area (TPSA) is 38.3 Å². The fourth-order valence-electron chi connectivity index (χ4n) is 2.02. The quantitative estimate of drug-likeness (QED) is 0.853. The molecule has 4 heteroatoms. The Balaban J connectivity index is 2.13. The molecule has 110 valence electrons. The maximum atomic E-state index is 11.6. The van der Waals surface area contributed by atoms with Crippen LogP contribution >= 0.6 is 11.6 Å². The highest BCUT2D eigenvalue weighted by Crippen LogP contribution is 2.22. The van der Waals surface area contributed by atoms with Gasteiger partial charge in [0.05, 0.1) is 17.7 Å². The molecule has 1 N–H and O–H groups in total. The molecule has 3 nitrogen and oxygen atoms in total. The third-order valence-electron chi connectivity index (χ3n) is 3.44. The van der Waals surface area contributed by atoms with E-state index in [4.69, 9.17) is 16.3 Å². The Morgan fingerprint density at radius 3 is 2.57 bits per heavy atom. The second-order valence-electron chi connectivity index (χ2n) is 4.96. The van der Waals surface area contributed by atoms with Gasteiger partial charge in [-0.2, -0.15) is 0 Å². The normalized spacial score (nSPS) is 10.3. The fraction of sp³-hybridized carbons (Fsp3) is 0.235. The Kier molecular flexibility index (Phi) is 4.86. The summed E-state index contributed by atoms with van der Waals surface area (Å²) >= 11 is 6.00. The zero-order chi connectivity index (χ0) is 15.4. The molecule has 0 fully saturated rings. The summed E-state index contributed by atoms with van der Waals surface area (Å²) in [5.74, 6) is -0.435. The lowest BCUT2D eigenvalue weighted by Gasteiger charge is -2.10. The summed E-state index contributed by atoms with van der Waals surface area (Å²) in [7, 11) is 1.34. The van der Waals surface area contributed by atoms with E-state index in [1.807, 2.05) is 6.07 Å². The number of carbonyl (C=O) groups is 1. The number of methoxy groups -OCH3 is 1. The Hall–Kier alpha value is -2.00. The first-order chi connectivity index (χ1) is 10.0. The lowest BCUT2D eigenvalue weighted by Crippen LogP contribution is -2.05. The first kappa shape index (κ1) is 15.4. The van der Waals surface area contributed by atoms with Crippen molar-refractivity contribution in [2.24, 2.45) is 0 Å². The van der Waals surface area contributed by atoms with Crippen LogP contribution in [-0.2, 0) is 11.3 Å². The summed E-state index contributed by atoms with van der Waals surface area (Å²) in [5.41, 5.74) is 4.92. The van der Waals surface area contributed by atoms with E-state index < -0.39 is 5.97 Å². The minimum atomic E-state index is -0.435. The third kappa shape index (κ3) is 3.76. The molecule has 0 aromatic heterocycles. The van der Waals surface area contributed by atoms with Crippen LogP contribution in [0.4, 0.5) is 5.69 Å². The van der Waals surface area contributed by atoms with Crippen LogP contribution in [-0.4, -0.2) is 13.1 Å². The van der Waals surface area contributed by atoms with Gasteiger partial charge >= 0.3 is 5.97 Å². The molecule has 0 aliphatic heterocycles. The van der Waals surface area contributed by atoms with E-state index in [2.05, 4.69) is 37.4 Å². The molecule has 0 radical (unpaired) electrons. The highest BCUT2D eigenvalue weighted by atomic mass is 35.5. The second kappa shape index (κ2) is 6.64. The van der Waals surface area contributed by atoms with Crippen LogP contribution in [0.15, 0.2) is 36.4 Å². The van der Waals surface area contributed by atoms with Crippen LogP contribution < -0.4 is 5.32 Å². The zero-order valence-electron chi connectivity index (χ0n) is 12.4. The largest absolute Gasteiger partial charge is 0.465 e. The van der Waals surface area contributed by atoms with E-state index in [0.29, 0.717) is 17.1 Å². The number of esters is 1. The summed E-state index contributed by atoms with van der Waals surface area (Å²) in [4.78, 5) is 11.6. The van der Waals surface area contributed by atoms with Crippen molar-refractivity contribution >= 4 is 23.3 Å². The number of hydrogen-bond acceptors (Lipinski definition) is 3. The Labute approximate surface area is 129 Å². The molecule has 0 heterocycles. The molecular weight excluding hydrogens is 286 g/mol. The van der Waals surface area contributed by atoms with E-state index in [0.717, 1.165) is 5.69 Å². The molecule has 0 saturated carbocycles. The molecule has 21 heavy (non-hydrogen) atoms. The van der Waals surface area contributed by atoms with Gasteiger partial charge in [-0.3, -0.25) is 0 Å². The summed E-state index contributed by atoms with van der Waals surface area (Å²) in [6.07, 6.45) is 0. The van der Waals surface area contributed by atoms with Crippen molar-refractivity contribution in [1.29, 1.82) is 0 Å². The standard InChI is InChI=1S/C17H18ClNO2/c1-11-4-5-13(8-12(11)2)10-19-14-6-7-16(18)15(9-14)17(20)21-3/h4-9,19H,10H2,1-3H3. The van der Waals surface area contributed by atoms with Gasteiger partial charge in [-0.05, 0) is 48.7 Å². The maximum Gasteiger partial charge on any atom is 0.339 e. The molecule has 0 aliphatic rings. The monoisotopic (exact) mass is 303 g/mol. The number of halogens is 1. The van der Waals surface area contributed by atoms with Crippen molar-refractivity contribution in [3.63, 3.8) is 0 Å². The van der Waals surface area contributed by atoms with Crippen molar-refractivity contribution < 1.29 is 9.53 Å². The molecule has 0 atom stereocenters. The van der Waals surface area contributed by atoms with Gasteiger partial charge in [-0.15, -0.1) is 0 Å². The molecule has 2 aromatic carbocycles. The third-order valence-corrected chi connectivity index (χ3v) is 3.77. The van der Waals surface area contributed by atoms with Crippen molar-refractivity contribution in [3.05, 3.63) is 63.7 Å². The average molecular weight is 304 g/mol. The van der Waals surface area contributed by atoms with E-state index in [-0.39, 0.29) is 0 Å². The number of carbonyl (C=O) groups excluding carboxylic acids is 1. The second-order valence-corrected chi connectivity index (χ2v) is 5.37. The Bertz CT molecular complexity index is 668. The van der Waals surface area contributed by atoms with Crippen LogP contribution in [0, 0.1) is 13.8 Å². The Morgan fingerprint density at radius 1 is 1.14 bits per heavy atom. The van der Waals surface area contributed by atoms with Crippen LogP contribution in [0.5, 0.6) is 0 Å². The minimum Gasteiger partial charge on any atom is -0.465 e. The lowest BCUT2D eigenvalue weighted by atomic mass is 10.1. The number of ether oxygens (including phenoxy) is 1. The molecule has 0 aliphatic carbocycles. The van der Waals surface area contributed by atoms with E-state index >= 15 is 0 Å². The highest BCUT2D eigenvalue weighted by molar-refractivity contribution is 6.33. The van der Waals surface area contributed by atoms with Gasteiger partial charge in [0.2, 0.25) is 0 Å². The van der Waals surface area contributed by atoms with E-state index in [1.165, 1.54) is 23.8 Å². The van der Waals surface area contributed by atoms with E-state index in [1.54, 1.807) is 12.1 Å². The molecule has 0 bridgehead atoms. The molecule has 2 aromatic rings. The molecule has 0 unspecified atom stereocenters. The van der Waals surface area contributed by atoms with Crippen molar-refractivity contribution in [3.8, 4) is 0 Å². The summed E-state index contributed by atoms with van der Waals surface area (Å²) in [6.45, 7) is 4.87. The molecule has 0 saturated heterocycles. The van der Waals surface area contributed by atoms with Crippen LogP contribution in [0.1, 0.15) is 27.0 Å². The predicted octanol–water partition coefficient (Wildman–Crippen LogP) is 4.36. The van der Waals surface area contributed by atoms with Gasteiger partial charge in [-0.1, -0.05) is 29.8 Å². The van der Waals surface area contributed by atoms with Gasteiger partial charge in [0.1, 0.15) is 0 Å². The number of hydrogen-bond donors (Lipinski definition) is 1. The number of aryl methyl sites for hydroxylation is 2. The average Bonchev–Trinajstić information content (AvgIpc) is 2.49. The van der Waals surface area contributed by atoms with Crippen molar-refractivity contribution in [2.45, 2.75) is 20.4 Å². The van der Waals surface area contributed by atoms with Crippen LogP contribution in [0.3, 0.4) is 0 Å². The highest BCUT2D eigenvalue weighted by Gasteiger charge is 2.11. The summed E-state index contributed by atoms with van der Waals surface area (Å²) < 4.78 is 4.71. The van der Waals surface area contributed by atoms with Crippen LogP contribution in [0.25, 0.3) is 0 Å². The van der Waals surface area contributed by atoms with Gasteiger partial charge < -0.3 is 10.1 Å². The zero-order valence-corrected chi connectivity index (χ0v) is 13.1. The minimum absolute atomic E-state index is 0.365. The SMILES string of the molecule is COC(=O)c1cc(NCc2ccc(C)c(C)c2)ccc1Cl. The summed E-state index contributed by atoms with van der Waals surface area (Å²) in [6, 6.07) is 11.6. The predicted molar refractivity (Wildman–Crippen MR) is 86.0 cm³/mol. The molecule has 0 spiro atoms. The molecule has 2 rings (SSSR count). The van der Waals surface area contributed by atoms with Crippen LogP contribution in [0.2, 0.25) is 5.02 Å². The van der Waals surface area contributed by atoms with E-state index in [9.17, 15) is 4.79 Å². The number of nitrogens with one attached hydrogen (secondary N) is 1. The maximum absolute atomic E-state index is 11.6. The smallest absolute Gasteiger partial charge is 0.339 e.